The molecule has 0 spiro atoms. The minimum atomic E-state index is -0.980. The Morgan fingerprint density at radius 1 is 1.30 bits per heavy atom. The molecule has 0 radical (unpaired) electrons. The molecule has 208 valence electrons. The van der Waals surface area contributed by atoms with Crippen molar-refractivity contribution in [3.05, 3.63) is 87.6 Å². The van der Waals surface area contributed by atoms with Gasteiger partial charge in [-0.15, -0.1) is 9.78 Å². The minimum Gasteiger partial charge on any atom is -0.493 e. The number of nitrogen functional groups attached to an aromatic ring is 1. The van der Waals surface area contributed by atoms with E-state index < -0.39 is 23.5 Å². The molecular formula is C25H25FN8O6. The van der Waals surface area contributed by atoms with Gasteiger partial charge >= 0.3 is 5.69 Å². The predicted molar refractivity (Wildman–Crippen MR) is 139 cm³/mol. The van der Waals surface area contributed by atoms with E-state index in [1.807, 2.05) is 0 Å². The Labute approximate surface area is 226 Å². The van der Waals surface area contributed by atoms with Crippen molar-refractivity contribution in [1.82, 2.24) is 24.7 Å². The summed E-state index contributed by atoms with van der Waals surface area (Å²) in [5.74, 6) is -0.811. The van der Waals surface area contributed by atoms with Gasteiger partial charge in [0.15, 0.2) is 24.1 Å². The maximum atomic E-state index is 15.9. The largest absolute Gasteiger partial charge is 0.493 e. The number of amidine groups is 1. The molecule has 40 heavy (non-hydrogen) atoms. The summed E-state index contributed by atoms with van der Waals surface area (Å²) >= 11 is 0. The van der Waals surface area contributed by atoms with Crippen LogP contribution in [0.15, 0.2) is 53.6 Å². The van der Waals surface area contributed by atoms with Crippen LogP contribution < -0.4 is 26.2 Å². The molecule has 0 saturated heterocycles. The van der Waals surface area contributed by atoms with Crippen LogP contribution in [0.1, 0.15) is 35.5 Å². The molecule has 1 atom stereocenters. The van der Waals surface area contributed by atoms with Crippen molar-refractivity contribution in [2.75, 3.05) is 19.2 Å². The number of ether oxygens (including phenoxy) is 3. The van der Waals surface area contributed by atoms with E-state index in [1.54, 1.807) is 30.3 Å². The average molecular weight is 553 g/mol. The van der Waals surface area contributed by atoms with Gasteiger partial charge < -0.3 is 30.4 Å². The second kappa shape index (κ2) is 12.0. The Kier molecular flexibility index (Phi) is 8.34. The highest BCUT2D eigenvalue weighted by atomic mass is 19.1. The van der Waals surface area contributed by atoms with Crippen molar-refractivity contribution in [1.29, 1.82) is 5.41 Å². The summed E-state index contributed by atoms with van der Waals surface area (Å²) in [7, 11) is 1.45. The van der Waals surface area contributed by atoms with Crippen molar-refractivity contribution >= 4 is 17.5 Å². The summed E-state index contributed by atoms with van der Waals surface area (Å²) in [5.41, 5.74) is 6.33. The van der Waals surface area contributed by atoms with Crippen LogP contribution in [-0.2, 0) is 16.1 Å². The molecule has 0 saturated carbocycles. The van der Waals surface area contributed by atoms with Gasteiger partial charge in [-0.2, -0.15) is 0 Å². The first kappa shape index (κ1) is 27.7. The van der Waals surface area contributed by atoms with E-state index in [0.717, 1.165) is 11.6 Å². The van der Waals surface area contributed by atoms with Gasteiger partial charge in [0, 0.05) is 36.1 Å². The molecule has 14 nitrogen and oxygen atoms in total. The lowest BCUT2D eigenvalue weighted by Gasteiger charge is -2.25. The van der Waals surface area contributed by atoms with E-state index in [-0.39, 0.29) is 47.9 Å². The van der Waals surface area contributed by atoms with Gasteiger partial charge in [0.2, 0.25) is 0 Å². The molecule has 1 aliphatic rings. The molecule has 4 aromatic rings. The van der Waals surface area contributed by atoms with Gasteiger partial charge in [0.1, 0.15) is 17.7 Å². The Hall–Kier alpha value is -5.31. The van der Waals surface area contributed by atoms with Crippen LogP contribution in [0.4, 0.5) is 10.1 Å². The van der Waals surface area contributed by atoms with Crippen LogP contribution in [-0.4, -0.2) is 55.5 Å². The molecule has 15 heteroatoms. The number of nitrogens with two attached hydrogens (primary N) is 1. The Balaban J connectivity index is 0.000000867. The van der Waals surface area contributed by atoms with E-state index in [9.17, 15) is 4.79 Å². The normalized spacial score (nSPS) is 12.7. The second-order valence-electron chi connectivity index (χ2n) is 8.26. The first-order valence-electron chi connectivity index (χ1n) is 11.7. The van der Waals surface area contributed by atoms with E-state index in [4.69, 9.17) is 35.3 Å². The summed E-state index contributed by atoms with van der Waals surface area (Å²) in [6.07, 6.45) is 2.95. The zero-order valence-corrected chi connectivity index (χ0v) is 21.3. The highest BCUT2D eigenvalue weighted by Gasteiger charge is 2.30. The summed E-state index contributed by atoms with van der Waals surface area (Å²) in [4.78, 5) is 32.5. The molecule has 3 heterocycles. The zero-order chi connectivity index (χ0) is 28.8. The van der Waals surface area contributed by atoms with E-state index in [2.05, 4.69) is 25.4 Å². The highest BCUT2D eigenvalue weighted by Crippen LogP contribution is 2.41. The molecule has 0 unspecified atom stereocenters. The van der Waals surface area contributed by atoms with Gasteiger partial charge in [0.05, 0.1) is 19.3 Å². The van der Waals surface area contributed by atoms with Crippen molar-refractivity contribution in [2.45, 2.75) is 19.6 Å². The molecule has 0 bridgehead atoms. The predicted octanol–water partition coefficient (Wildman–Crippen LogP) is 1.94. The number of aliphatic carboxylic acids is 1. The maximum Gasteiger partial charge on any atom is 0.350 e. The number of carboxylic acid groups (broad SMARTS) is 1. The fourth-order valence-electron chi connectivity index (χ4n) is 3.80. The van der Waals surface area contributed by atoms with Crippen LogP contribution in [0, 0.1) is 11.2 Å². The van der Waals surface area contributed by atoms with Crippen LogP contribution in [0.25, 0.3) is 5.95 Å². The van der Waals surface area contributed by atoms with Gasteiger partial charge in [-0.3, -0.25) is 15.2 Å². The fraction of sp³-hybridized carbons (Fsp3) is 0.200. The fourth-order valence-corrected chi connectivity index (χ4v) is 3.80. The van der Waals surface area contributed by atoms with Crippen molar-refractivity contribution in [2.24, 2.45) is 5.73 Å². The number of carboxylic acids is 1. The summed E-state index contributed by atoms with van der Waals surface area (Å²) < 4.78 is 33.1. The number of carbonyl (C=O) groups is 1. The van der Waals surface area contributed by atoms with Crippen molar-refractivity contribution in [3.8, 4) is 17.4 Å². The van der Waals surface area contributed by atoms with Crippen LogP contribution in [0.3, 0.4) is 0 Å². The smallest absolute Gasteiger partial charge is 0.350 e. The quantitative estimate of drug-likeness (QED) is 0.166. The number of hydrogen-bond acceptors (Lipinski definition) is 10. The molecule has 2 aromatic heterocycles. The third-order valence-corrected chi connectivity index (χ3v) is 5.52. The molecule has 2 aromatic carbocycles. The van der Waals surface area contributed by atoms with Gasteiger partial charge in [-0.1, -0.05) is 0 Å². The number of aromatic nitrogens is 5. The lowest BCUT2D eigenvalue weighted by molar-refractivity contribution is -0.134. The van der Waals surface area contributed by atoms with E-state index >= 15 is 4.39 Å². The number of aromatic amines is 1. The first-order chi connectivity index (χ1) is 19.2. The number of fused-ring (bicyclic) bond motifs is 1. The lowest BCUT2D eigenvalue weighted by Crippen LogP contribution is -2.20. The standard InChI is InChI=1S/C23H21FN8O4.C2H4O2/c1-34-16-9-14(17(24)15-10-35-11-36-19(15)16)18(29-13-5-3-12(4-6-13)20(25)26)21-30-23(33)32(31-21)22-27-7-2-8-28-22;1-2(3)4/h2-9,18,29H,10-11H2,1H3,(H3,25,26)(H,30,31,33);1H3,(H,3,4)/t18-;/m0./s1. The number of nitrogens with zero attached hydrogens (tertiary/aromatic N) is 4. The van der Waals surface area contributed by atoms with Crippen molar-refractivity contribution in [3.63, 3.8) is 0 Å². The Morgan fingerprint density at radius 3 is 2.60 bits per heavy atom. The number of benzene rings is 2. The number of methoxy groups -OCH3 is 1. The SMILES string of the molecule is CC(=O)O.COc1cc([C@H](Nc2ccc(C(=N)N)cc2)c2nn(-c3ncccn3)c(=O)[nH]2)c(F)c2c1OCOC2. The number of hydrogen-bond donors (Lipinski definition) is 5. The molecule has 1 aliphatic heterocycles. The highest BCUT2D eigenvalue weighted by molar-refractivity contribution is 5.95. The van der Waals surface area contributed by atoms with Gasteiger partial charge in [-0.25, -0.2) is 19.2 Å². The summed E-state index contributed by atoms with van der Waals surface area (Å²) in [6, 6.07) is 8.76. The number of H-pyrrole nitrogens is 1. The van der Waals surface area contributed by atoms with Gasteiger partial charge in [0.25, 0.3) is 11.9 Å². The van der Waals surface area contributed by atoms with Crippen LogP contribution in [0.5, 0.6) is 11.5 Å². The van der Waals surface area contributed by atoms with Crippen LogP contribution in [0.2, 0.25) is 0 Å². The third kappa shape index (κ3) is 6.05. The maximum absolute atomic E-state index is 15.9. The number of halogens is 1. The summed E-state index contributed by atoms with van der Waals surface area (Å²) in [5, 5.41) is 22.5. The molecule has 5 rings (SSSR count). The Morgan fingerprint density at radius 2 is 1.98 bits per heavy atom. The second-order valence-corrected chi connectivity index (χ2v) is 8.26. The van der Waals surface area contributed by atoms with E-state index in [0.29, 0.717) is 17.0 Å². The number of rotatable bonds is 7. The Bertz CT molecular complexity index is 1570. The monoisotopic (exact) mass is 552 g/mol. The van der Waals surface area contributed by atoms with E-state index in [1.165, 1.54) is 25.6 Å². The molecule has 0 fully saturated rings. The van der Waals surface area contributed by atoms with Crippen molar-refractivity contribution < 1.29 is 28.5 Å². The number of anilines is 1. The number of nitrogens with one attached hydrogen (secondary N) is 3. The third-order valence-electron chi connectivity index (χ3n) is 5.52. The topological polar surface area (TPSA) is 203 Å². The first-order valence-corrected chi connectivity index (χ1v) is 11.7. The molecular weight excluding hydrogens is 527 g/mol. The minimum absolute atomic E-state index is 0.0196. The zero-order valence-electron chi connectivity index (χ0n) is 21.3. The van der Waals surface area contributed by atoms with Crippen LogP contribution >= 0.6 is 0 Å². The average Bonchev–Trinajstić information content (AvgIpc) is 3.34. The lowest BCUT2D eigenvalue weighted by atomic mass is 9.99. The molecule has 6 N–H and O–H groups in total. The molecule has 0 amide bonds. The summed E-state index contributed by atoms with van der Waals surface area (Å²) in [6.45, 7) is 1.04. The molecule has 0 aliphatic carbocycles. The van der Waals surface area contributed by atoms with Gasteiger partial charge in [-0.05, 0) is 36.4 Å².